The number of benzene rings is 1. The van der Waals surface area contributed by atoms with Crippen LogP contribution in [0.1, 0.15) is 53.6 Å². The number of hydrogen-bond acceptors (Lipinski definition) is 3. The van der Waals surface area contributed by atoms with E-state index in [1.54, 1.807) is 0 Å². The van der Waals surface area contributed by atoms with Gasteiger partial charge in [-0.3, -0.25) is 19.8 Å². The Morgan fingerprint density at radius 1 is 1.26 bits per heavy atom. The van der Waals surface area contributed by atoms with E-state index in [9.17, 15) is 9.59 Å². The zero-order valence-corrected chi connectivity index (χ0v) is 15.7. The van der Waals surface area contributed by atoms with Crippen LogP contribution in [-0.2, 0) is 6.42 Å². The van der Waals surface area contributed by atoms with Crippen molar-refractivity contribution in [3.05, 3.63) is 69.4 Å². The quantitative estimate of drug-likeness (QED) is 0.666. The Morgan fingerprint density at radius 2 is 2.00 bits per heavy atom. The molecule has 0 aliphatic heterocycles. The van der Waals surface area contributed by atoms with Gasteiger partial charge in [0.25, 0.3) is 11.5 Å². The molecular weight excluding hydrogens is 342 g/mol. The van der Waals surface area contributed by atoms with Crippen molar-refractivity contribution < 1.29 is 4.79 Å². The molecule has 0 unspecified atom stereocenters. The zero-order valence-electron chi connectivity index (χ0n) is 15.7. The monoisotopic (exact) mass is 365 g/mol. The van der Waals surface area contributed by atoms with E-state index < -0.39 is 0 Å². The maximum Gasteiger partial charge on any atom is 0.269 e. The number of aromatic amines is 2. The molecule has 4 rings (SSSR count). The summed E-state index contributed by atoms with van der Waals surface area (Å²) in [5.74, 6) is -0.301. The van der Waals surface area contributed by atoms with Crippen molar-refractivity contribution in [2.75, 3.05) is 0 Å². The number of nitrogens with one attached hydrogen (secondary N) is 3. The molecular formula is C20H23N5O2. The fourth-order valence-corrected chi connectivity index (χ4v) is 3.77. The lowest BCUT2D eigenvalue weighted by molar-refractivity contribution is 0.0914. The SMILES string of the molecule is Cc1ccc(-n2ncc3c2CC(C)(C)C[C@H]3NC(=O)c2cc(=O)[nH][nH]2)cc1. The summed E-state index contributed by atoms with van der Waals surface area (Å²) >= 11 is 0. The van der Waals surface area contributed by atoms with Gasteiger partial charge in [-0.05, 0) is 37.3 Å². The van der Waals surface area contributed by atoms with Crippen LogP contribution in [0.3, 0.4) is 0 Å². The highest BCUT2D eigenvalue weighted by atomic mass is 16.2. The van der Waals surface area contributed by atoms with Crippen LogP contribution in [0.2, 0.25) is 0 Å². The van der Waals surface area contributed by atoms with E-state index in [0.717, 1.165) is 29.8 Å². The second-order valence-electron chi connectivity index (χ2n) is 8.04. The number of amides is 1. The van der Waals surface area contributed by atoms with Crippen LogP contribution in [0, 0.1) is 12.3 Å². The standard InChI is InChI=1S/C20H23N5O2/c1-12-4-6-13(7-5-12)25-17-10-20(2,3)9-16(14(17)11-21-25)22-19(27)15-8-18(26)24-23-15/h4-8,11,16H,9-10H2,1-3H3,(H,22,27)(H2,23,24,26)/t16-/m1/s1. The number of carbonyl (C=O) groups excluding carboxylic acids is 1. The second kappa shape index (κ2) is 6.26. The molecule has 0 bridgehead atoms. The molecule has 3 N–H and O–H groups in total. The number of fused-ring (bicyclic) bond motifs is 1. The first-order valence-corrected chi connectivity index (χ1v) is 9.05. The van der Waals surface area contributed by atoms with E-state index in [1.807, 2.05) is 10.9 Å². The minimum atomic E-state index is -0.322. The number of H-pyrrole nitrogens is 2. The van der Waals surface area contributed by atoms with E-state index in [-0.39, 0.29) is 28.6 Å². The molecule has 0 spiro atoms. The zero-order chi connectivity index (χ0) is 19.2. The Kier molecular flexibility index (Phi) is 4.02. The summed E-state index contributed by atoms with van der Waals surface area (Å²) in [6, 6.07) is 9.36. The van der Waals surface area contributed by atoms with Gasteiger partial charge in [0.05, 0.1) is 23.6 Å². The predicted molar refractivity (Wildman–Crippen MR) is 102 cm³/mol. The van der Waals surface area contributed by atoms with Gasteiger partial charge in [0.1, 0.15) is 5.69 Å². The van der Waals surface area contributed by atoms with E-state index in [1.165, 1.54) is 11.6 Å². The van der Waals surface area contributed by atoms with Gasteiger partial charge in [0.15, 0.2) is 0 Å². The fourth-order valence-electron chi connectivity index (χ4n) is 3.77. The number of nitrogens with zero attached hydrogens (tertiary/aromatic N) is 2. The summed E-state index contributed by atoms with van der Waals surface area (Å²) in [4.78, 5) is 23.8. The van der Waals surface area contributed by atoms with Gasteiger partial charge < -0.3 is 5.32 Å². The molecule has 0 saturated heterocycles. The maximum atomic E-state index is 12.5. The lowest BCUT2D eigenvalue weighted by Gasteiger charge is -2.35. The third kappa shape index (κ3) is 3.32. The lowest BCUT2D eigenvalue weighted by Crippen LogP contribution is -2.37. The molecule has 140 valence electrons. The fraction of sp³-hybridized carbons (Fsp3) is 0.350. The van der Waals surface area contributed by atoms with Crippen molar-refractivity contribution >= 4 is 5.91 Å². The smallest absolute Gasteiger partial charge is 0.269 e. The summed E-state index contributed by atoms with van der Waals surface area (Å²) in [6.45, 7) is 6.45. The van der Waals surface area contributed by atoms with E-state index >= 15 is 0 Å². The maximum absolute atomic E-state index is 12.5. The molecule has 1 amide bonds. The highest BCUT2D eigenvalue weighted by Gasteiger charge is 2.36. The van der Waals surface area contributed by atoms with Crippen molar-refractivity contribution in [1.82, 2.24) is 25.3 Å². The largest absolute Gasteiger partial charge is 0.344 e. The molecule has 0 radical (unpaired) electrons. The van der Waals surface area contributed by atoms with Crippen molar-refractivity contribution in [3.63, 3.8) is 0 Å². The Labute approximate surface area is 156 Å². The molecule has 2 aromatic heterocycles. The first-order valence-electron chi connectivity index (χ1n) is 9.05. The van der Waals surface area contributed by atoms with Crippen LogP contribution in [0.15, 0.2) is 41.3 Å². The molecule has 1 aliphatic rings. The number of rotatable bonds is 3. The van der Waals surface area contributed by atoms with E-state index in [0.29, 0.717) is 0 Å². The van der Waals surface area contributed by atoms with Crippen molar-refractivity contribution in [2.45, 2.75) is 39.7 Å². The minimum Gasteiger partial charge on any atom is -0.344 e. The summed E-state index contributed by atoms with van der Waals surface area (Å²) in [5, 5.41) is 12.7. The molecule has 1 atom stereocenters. The van der Waals surface area contributed by atoms with Gasteiger partial charge >= 0.3 is 0 Å². The lowest BCUT2D eigenvalue weighted by atomic mass is 9.74. The van der Waals surface area contributed by atoms with Crippen molar-refractivity contribution in [1.29, 1.82) is 0 Å². The molecule has 1 aromatic carbocycles. The highest BCUT2D eigenvalue weighted by Crippen LogP contribution is 2.41. The minimum absolute atomic E-state index is 0.0129. The Morgan fingerprint density at radius 3 is 2.67 bits per heavy atom. The highest BCUT2D eigenvalue weighted by molar-refractivity contribution is 5.92. The molecule has 7 nitrogen and oxygen atoms in total. The molecule has 2 heterocycles. The Hall–Kier alpha value is -3.09. The van der Waals surface area contributed by atoms with Gasteiger partial charge in [-0.1, -0.05) is 31.5 Å². The van der Waals surface area contributed by atoms with Crippen LogP contribution in [0.4, 0.5) is 0 Å². The normalized spacial score (nSPS) is 18.1. The van der Waals surface area contributed by atoms with Crippen LogP contribution in [-0.4, -0.2) is 25.9 Å². The van der Waals surface area contributed by atoms with Gasteiger partial charge in [-0.25, -0.2) is 4.68 Å². The average Bonchev–Trinajstić information content (AvgIpc) is 3.21. The summed E-state index contributed by atoms with van der Waals surface area (Å²) in [5.41, 5.74) is 4.28. The average molecular weight is 365 g/mol. The molecule has 0 fully saturated rings. The summed E-state index contributed by atoms with van der Waals surface area (Å²) in [6.07, 6.45) is 3.53. The molecule has 1 aliphatic carbocycles. The molecule has 0 saturated carbocycles. The van der Waals surface area contributed by atoms with Crippen LogP contribution in [0.5, 0.6) is 0 Å². The molecule has 3 aromatic rings. The van der Waals surface area contributed by atoms with Crippen molar-refractivity contribution in [3.8, 4) is 5.69 Å². The number of hydrogen-bond donors (Lipinski definition) is 3. The molecule has 7 heteroatoms. The van der Waals surface area contributed by atoms with Crippen molar-refractivity contribution in [2.24, 2.45) is 5.41 Å². The Balaban J connectivity index is 1.69. The second-order valence-corrected chi connectivity index (χ2v) is 8.04. The number of aryl methyl sites for hydroxylation is 1. The van der Waals surface area contributed by atoms with Crippen LogP contribution < -0.4 is 10.9 Å². The van der Waals surface area contributed by atoms with E-state index in [2.05, 4.69) is 65.6 Å². The summed E-state index contributed by atoms with van der Waals surface area (Å²) in [7, 11) is 0. The molecule has 27 heavy (non-hydrogen) atoms. The topological polar surface area (TPSA) is 95.6 Å². The van der Waals surface area contributed by atoms with Gasteiger partial charge in [-0.15, -0.1) is 0 Å². The van der Waals surface area contributed by atoms with Gasteiger partial charge in [-0.2, -0.15) is 5.10 Å². The summed E-state index contributed by atoms with van der Waals surface area (Å²) < 4.78 is 1.97. The third-order valence-electron chi connectivity index (χ3n) is 5.10. The number of aromatic nitrogens is 4. The predicted octanol–water partition coefficient (Wildman–Crippen LogP) is 2.64. The third-order valence-corrected chi connectivity index (χ3v) is 5.10. The first-order chi connectivity index (χ1) is 12.8. The van der Waals surface area contributed by atoms with Crippen LogP contribution >= 0.6 is 0 Å². The van der Waals surface area contributed by atoms with Gasteiger partial charge in [0.2, 0.25) is 0 Å². The first kappa shape index (κ1) is 17.3. The van der Waals surface area contributed by atoms with E-state index in [4.69, 9.17) is 0 Å². The van der Waals surface area contributed by atoms with Gasteiger partial charge in [0, 0.05) is 11.6 Å². The number of carbonyl (C=O) groups is 1. The Bertz CT molecular complexity index is 1040. The van der Waals surface area contributed by atoms with Crippen LogP contribution in [0.25, 0.3) is 5.69 Å².